The van der Waals surface area contributed by atoms with Crippen LogP contribution in [0.15, 0.2) is 0 Å². The number of nitrogens with zero attached hydrogens (tertiary/aromatic N) is 2. The summed E-state index contributed by atoms with van der Waals surface area (Å²) in [6.45, 7) is 2.06. The zero-order chi connectivity index (χ0) is 11.0. The molecule has 86 valence electrons. The average Bonchev–Trinajstić information content (AvgIpc) is 2.89. The highest BCUT2D eigenvalue weighted by Crippen LogP contribution is 2.33. The van der Waals surface area contributed by atoms with Gasteiger partial charge in [-0.1, -0.05) is 0 Å². The average molecular weight is 237 g/mol. The van der Waals surface area contributed by atoms with Crippen LogP contribution in [0.4, 0.5) is 0 Å². The second-order valence-corrected chi connectivity index (χ2v) is 5.33. The van der Waals surface area contributed by atoms with Crippen LogP contribution in [0.3, 0.4) is 0 Å². The summed E-state index contributed by atoms with van der Waals surface area (Å²) in [5.41, 5.74) is 3.14. The molecule has 2 aliphatic heterocycles. The van der Waals surface area contributed by atoms with Gasteiger partial charge in [-0.15, -0.1) is 0 Å². The van der Waals surface area contributed by atoms with Gasteiger partial charge in [0.1, 0.15) is 5.69 Å². The summed E-state index contributed by atoms with van der Waals surface area (Å²) < 4.78 is 1.98. The summed E-state index contributed by atoms with van der Waals surface area (Å²) in [5.74, 6) is 1.92. The number of piperidine rings is 1. The molecular formula is C11H15N3OS. The summed E-state index contributed by atoms with van der Waals surface area (Å²) >= 11 is 1.85. The molecule has 0 saturated carbocycles. The Balaban J connectivity index is 1.96. The number of rotatable bonds is 2. The molecule has 0 aromatic carbocycles. The SMILES string of the molecule is O=Cc1c2c(nn1C1CCNCC1)CSC2. The molecule has 1 aromatic heterocycles. The largest absolute Gasteiger partial charge is 0.317 e. The molecule has 1 saturated heterocycles. The van der Waals surface area contributed by atoms with E-state index in [0.717, 1.165) is 55.1 Å². The number of thioether (sulfide) groups is 1. The van der Waals surface area contributed by atoms with Gasteiger partial charge in [0.05, 0.1) is 11.7 Å². The van der Waals surface area contributed by atoms with Crippen LogP contribution in [0.2, 0.25) is 0 Å². The van der Waals surface area contributed by atoms with Crippen molar-refractivity contribution >= 4 is 18.0 Å². The number of nitrogens with one attached hydrogen (secondary N) is 1. The molecule has 0 amide bonds. The number of hydrogen-bond acceptors (Lipinski definition) is 4. The lowest BCUT2D eigenvalue weighted by Gasteiger charge is -2.24. The van der Waals surface area contributed by atoms with Crippen LogP contribution in [0.25, 0.3) is 0 Å². The second kappa shape index (κ2) is 4.22. The lowest BCUT2D eigenvalue weighted by Crippen LogP contribution is -2.30. The van der Waals surface area contributed by atoms with E-state index >= 15 is 0 Å². The van der Waals surface area contributed by atoms with Gasteiger partial charge in [-0.2, -0.15) is 16.9 Å². The number of hydrogen-bond donors (Lipinski definition) is 1. The maximum atomic E-state index is 11.2. The second-order valence-electron chi connectivity index (χ2n) is 4.35. The third-order valence-electron chi connectivity index (χ3n) is 3.38. The van der Waals surface area contributed by atoms with Gasteiger partial charge in [-0.25, -0.2) is 0 Å². The molecule has 0 atom stereocenters. The van der Waals surface area contributed by atoms with Crippen molar-refractivity contribution in [2.24, 2.45) is 0 Å². The van der Waals surface area contributed by atoms with Crippen LogP contribution in [0, 0.1) is 0 Å². The van der Waals surface area contributed by atoms with Crippen molar-refractivity contribution in [1.29, 1.82) is 0 Å². The van der Waals surface area contributed by atoms with Crippen molar-refractivity contribution in [1.82, 2.24) is 15.1 Å². The minimum Gasteiger partial charge on any atom is -0.317 e. The Kier molecular flexibility index (Phi) is 2.73. The topological polar surface area (TPSA) is 46.9 Å². The van der Waals surface area contributed by atoms with Crippen molar-refractivity contribution in [2.75, 3.05) is 13.1 Å². The van der Waals surface area contributed by atoms with Gasteiger partial charge in [0, 0.05) is 17.1 Å². The molecule has 0 spiro atoms. The van der Waals surface area contributed by atoms with Crippen LogP contribution in [0.5, 0.6) is 0 Å². The molecule has 0 unspecified atom stereocenters. The fourth-order valence-corrected chi connectivity index (χ4v) is 3.55. The molecular weight excluding hydrogens is 222 g/mol. The number of aromatic nitrogens is 2. The van der Waals surface area contributed by atoms with E-state index < -0.39 is 0 Å². The molecule has 1 fully saturated rings. The minimum atomic E-state index is 0.414. The number of carbonyl (C=O) groups excluding carboxylic acids is 1. The number of aldehydes is 1. The first kappa shape index (κ1) is 10.4. The smallest absolute Gasteiger partial charge is 0.168 e. The lowest BCUT2D eigenvalue weighted by atomic mass is 10.1. The Morgan fingerprint density at radius 3 is 2.94 bits per heavy atom. The summed E-state index contributed by atoms with van der Waals surface area (Å²) in [6.07, 6.45) is 3.14. The predicted molar refractivity (Wildman–Crippen MR) is 63.8 cm³/mol. The maximum Gasteiger partial charge on any atom is 0.168 e. The molecule has 5 heteroatoms. The van der Waals surface area contributed by atoms with E-state index in [2.05, 4.69) is 10.4 Å². The van der Waals surface area contributed by atoms with E-state index in [1.807, 2.05) is 16.4 Å². The normalized spacial score (nSPS) is 21.0. The highest BCUT2D eigenvalue weighted by atomic mass is 32.2. The van der Waals surface area contributed by atoms with Crippen molar-refractivity contribution < 1.29 is 4.79 Å². The van der Waals surface area contributed by atoms with Crippen molar-refractivity contribution in [3.05, 3.63) is 17.0 Å². The summed E-state index contributed by atoms with van der Waals surface area (Å²) in [7, 11) is 0. The molecule has 1 aromatic rings. The van der Waals surface area contributed by atoms with E-state index in [4.69, 9.17) is 0 Å². The first-order chi connectivity index (χ1) is 7.90. The maximum absolute atomic E-state index is 11.2. The zero-order valence-corrected chi connectivity index (χ0v) is 9.92. The molecule has 4 nitrogen and oxygen atoms in total. The van der Waals surface area contributed by atoms with Gasteiger partial charge in [-0.3, -0.25) is 9.48 Å². The first-order valence-electron chi connectivity index (χ1n) is 5.74. The Labute approximate surface area is 98.8 Å². The van der Waals surface area contributed by atoms with Crippen LogP contribution in [-0.4, -0.2) is 29.2 Å². The van der Waals surface area contributed by atoms with Gasteiger partial charge in [0.15, 0.2) is 6.29 Å². The third-order valence-corrected chi connectivity index (χ3v) is 4.35. The van der Waals surface area contributed by atoms with E-state index in [9.17, 15) is 4.79 Å². The van der Waals surface area contributed by atoms with Crippen LogP contribution in [0.1, 0.15) is 40.6 Å². The molecule has 0 bridgehead atoms. The van der Waals surface area contributed by atoms with Crippen molar-refractivity contribution in [2.45, 2.75) is 30.4 Å². The van der Waals surface area contributed by atoms with Crippen molar-refractivity contribution in [3.63, 3.8) is 0 Å². The van der Waals surface area contributed by atoms with E-state index in [1.165, 1.54) is 5.56 Å². The van der Waals surface area contributed by atoms with Crippen molar-refractivity contribution in [3.8, 4) is 0 Å². The van der Waals surface area contributed by atoms with Crippen LogP contribution >= 0.6 is 11.8 Å². The van der Waals surface area contributed by atoms with Gasteiger partial charge in [0.25, 0.3) is 0 Å². The molecule has 2 aliphatic rings. The number of fused-ring (bicyclic) bond motifs is 1. The lowest BCUT2D eigenvalue weighted by molar-refractivity contribution is 0.110. The Morgan fingerprint density at radius 1 is 1.38 bits per heavy atom. The fraction of sp³-hybridized carbons (Fsp3) is 0.636. The third kappa shape index (κ3) is 1.58. The van der Waals surface area contributed by atoms with E-state index in [1.54, 1.807) is 0 Å². The number of carbonyl (C=O) groups is 1. The van der Waals surface area contributed by atoms with Gasteiger partial charge >= 0.3 is 0 Å². The zero-order valence-electron chi connectivity index (χ0n) is 9.11. The monoisotopic (exact) mass is 237 g/mol. The molecule has 3 heterocycles. The quantitative estimate of drug-likeness (QED) is 0.789. The highest BCUT2D eigenvalue weighted by Gasteiger charge is 2.26. The Morgan fingerprint density at radius 2 is 2.19 bits per heavy atom. The van der Waals surface area contributed by atoms with Crippen LogP contribution < -0.4 is 5.32 Å². The highest BCUT2D eigenvalue weighted by molar-refractivity contribution is 7.98. The molecule has 0 aliphatic carbocycles. The van der Waals surface area contributed by atoms with Gasteiger partial charge < -0.3 is 5.32 Å². The Bertz CT molecular complexity index is 410. The standard InChI is InChI=1S/C11H15N3OS/c15-5-11-9-6-16-7-10(9)13-14(11)8-1-3-12-4-2-8/h5,8,12H,1-4,6-7H2. The molecule has 0 radical (unpaired) electrons. The Hall–Kier alpha value is -0.810. The van der Waals surface area contributed by atoms with Crippen LogP contribution in [-0.2, 0) is 11.5 Å². The first-order valence-corrected chi connectivity index (χ1v) is 6.89. The fourth-order valence-electron chi connectivity index (χ4n) is 2.51. The predicted octanol–water partition coefficient (Wildman–Crippen LogP) is 1.37. The molecule has 3 rings (SSSR count). The molecule has 16 heavy (non-hydrogen) atoms. The summed E-state index contributed by atoms with van der Waals surface area (Å²) in [4.78, 5) is 11.2. The van der Waals surface area contributed by atoms with E-state index in [-0.39, 0.29) is 0 Å². The minimum absolute atomic E-state index is 0.414. The summed E-state index contributed by atoms with van der Waals surface area (Å²) in [5, 5.41) is 7.96. The van der Waals surface area contributed by atoms with E-state index in [0.29, 0.717) is 6.04 Å². The van der Waals surface area contributed by atoms with Gasteiger partial charge in [-0.05, 0) is 25.9 Å². The van der Waals surface area contributed by atoms with Gasteiger partial charge in [0.2, 0.25) is 0 Å². The summed E-state index contributed by atoms with van der Waals surface area (Å²) in [6, 6.07) is 0.414. The molecule has 1 N–H and O–H groups in total.